The number of fused-ring (bicyclic) bond motifs is 1. The highest BCUT2D eigenvalue weighted by Crippen LogP contribution is 2.33. The second kappa shape index (κ2) is 5.82. The number of hydrogen-bond donors (Lipinski definition) is 1. The minimum Gasteiger partial charge on any atom is -0.493 e. The van der Waals surface area contributed by atoms with E-state index in [-0.39, 0.29) is 0 Å². The fourth-order valence-corrected chi connectivity index (χ4v) is 3.96. The van der Waals surface area contributed by atoms with Gasteiger partial charge >= 0.3 is 0 Å². The normalized spacial score (nSPS) is 11.0. The maximum atomic E-state index is 5.44. The van der Waals surface area contributed by atoms with Crippen LogP contribution in [0.5, 0.6) is 11.5 Å². The maximum Gasteiger partial charge on any atom is 0.178 e. The summed E-state index contributed by atoms with van der Waals surface area (Å²) in [5, 5.41) is 2.06. The summed E-state index contributed by atoms with van der Waals surface area (Å²) in [4.78, 5) is 4.44. The first-order chi connectivity index (χ1) is 10.1. The Balaban J connectivity index is 2.16. The first-order valence-electron chi connectivity index (χ1n) is 6.20. The number of benzene rings is 1. The molecule has 0 saturated carbocycles. The van der Waals surface area contributed by atoms with E-state index in [2.05, 4.69) is 30.9 Å². The predicted molar refractivity (Wildman–Crippen MR) is 91.3 cm³/mol. The minimum absolute atomic E-state index is 0.681. The summed E-state index contributed by atoms with van der Waals surface area (Å²) < 4.78 is 14.5. The number of nitrogens with zero attached hydrogens (tertiary/aromatic N) is 1. The van der Waals surface area contributed by atoms with Crippen LogP contribution in [0.4, 0.5) is 0 Å². The van der Waals surface area contributed by atoms with Crippen LogP contribution in [0, 0.1) is 4.77 Å². The van der Waals surface area contributed by atoms with Crippen molar-refractivity contribution in [3.8, 4) is 11.5 Å². The van der Waals surface area contributed by atoms with Crippen molar-refractivity contribution >= 4 is 50.5 Å². The minimum atomic E-state index is 0.681. The summed E-state index contributed by atoms with van der Waals surface area (Å²) in [6.45, 7) is 0.715. The summed E-state index contributed by atoms with van der Waals surface area (Å²) in [5.41, 5.74) is 1.93. The number of imidazole rings is 1. The summed E-state index contributed by atoms with van der Waals surface area (Å²) in [6.07, 6.45) is 0. The molecule has 2 aromatic heterocycles. The van der Waals surface area contributed by atoms with Crippen LogP contribution < -0.4 is 9.47 Å². The van der Waals surface area contributed by atoms with Gasteiger partial charge in [0.05, 0.1) is 31.8 Å². The van der Waals surface area contributed by atoms with E-state index in [4.69, 9.17) is 21.7 Å². The van der Waals surface area contributed by atoms with Gasteiger partial charge in [-0.3, -0.25) is 0 Å². The molecule has 0 radical (unpaired) electrons. The van der Waals surface area contributed by atoms with Crippen molar-refractivity contribution in [1.29, 1.82) is 0 Å². The molecule has 1 aromatic carbocycles. The Bertz CT molecular complexity index is 850. The second-order valence-corrected chi connectivity index (χ2v) is 6.67. The highest BCUT2D eigenvalue weighted by Gasteiger charge is 2.12. The number of ether oxygens (including phenoxy) is 2. The third-order valence-corrected chi connectivity index (χ3v) is 5.51. The van der Waals surface area contributed by atoms with Crippen LogP contribution in [0.1, 0.15) is 4.88 Å². The molecule has 0 aliphatic rings. The fourth-order valence-electron chi connectivity index (χ4n) is 2.22. The van der Waals surface area contributed by atoms with Crippen LogP contribution in [0.3, 0.4) is 0 Å². The zero-order chi connectivity index (χ0) is 15.0. The molecule has 7 heteroatoms. The topological polar surface area (TPSA) is 39.2 Å². The van der Waals surface area contributed by atoms with Crippen molar-refractivity contribution in [2.24, 2.45) is 0 Å². The van der Waals surface area contributed by atoms with Crippen LogP contribution in [0.15, 0.2) is 28.1 Å². The van der Waals surface area contributed by atoms with Gasteiger partial charge in [0.15, 0.2) is 16.3 Å². The zero-order valence-corrected chi connectivity index (χ0v) is 14.7. The van der Waals surface area contributed by atoms with Gasteiger partial charge < -0.3 is 19.0 Å². The number of hydrogen-bond acceptors (Lipinski definition) is 4. The first kappa shape index (κ1) is 14.6. The molecule has 0 bridgehead atoms. The van der Waals surface area contributed by atoms with E-state index in [1.54, 1.807) is 25.6 Å². The summed E-state index contributed by atoms with van der Waals surface area (Å²) >= 11 is 10.7. The molecular formula is C14H13BrN2O2S2. The van der Waals surface area contributed by atoms with E-state index in [1.807, 2.05) is 18.2 Å². The Morgan fingerprint density at radius 2 is 2.00 bits per heavy atom. The van der Waals surface area contributed by atoms with Crippen molar-refractivity contribution in [3.05, 3.63) is 37.7 Å². The number of thiophene rings is 1. The lowest BCUT2D eigenvalue weighted by Gasteiger charge is -2.09. The molecule has 0 amide bonds. The number of aromatic amines is 1. The smallest absolute Gasteiger partial charge is 0.178 e. The fraction of sp³-hybridized carbons (Fsp3) is 0.214. The van der Waals surface area contributed by atoms with Crippen LogP contribution in [0.25, 0.3) is 11.0 Å². The lowest BCUT2D eigenvalue weighted by molar-refractivity contribution is 0.355. The number of nitrogens with one attached hydrogen (secondary N) is 1. The highest BCUT2D eigenvalue weighted by atomic mass is 79.9. The monoisotopic (exact) mass is 384 g/mol. The SMILES string of the molecule is COc1cc2[nH]c(=S)n(Cc3sccc3Br)c2cc1OC. The van der Waals surface area contributed by atoms with E-state index < -0.39 is 0 Å². The largest absolute Gasteiger partial charge is 0.493 e. The molecule has 0 saturated heterocycles. The molecule has 21 heavy (non-hydrogen) atoms. The molecule has 0 spiro atoms. The molecule has 0 fully saturated rings. The van der Waals surface area contributed by atoms with Gasteiger partial charge in [0.2, 0.25) is 0 Å². The lowest BCUT2D eigenvalue weighted by atomic mass is 10.2. The van der Waals surface area contributed by atoms with Crippen LogP contribution >= 0.6 is 39.5 Å². The Morgan fingerprint density at radius 1 is 1.29 bits per heavy atom. The molecular weight excluding hydrogens is 372 g/mol. The molecule has 3 aromatic rings. The van der Waals surface area contributed by atoms with Crippen molar-refractivity contribution in [2.75, 3.05) is 14.2 Å². The summed E-state index contributed by atoms with van der Waals surface area (Å²) in [7, 11) is 3.25. The molecule has 0 unspecified atom stereocenters. The quantitative estimate of drug-likeness (QED) is 0.668. The van der Waals surface area contributed by atoms with Crippen molar-refractivity contribution in [1.82, 2.24) is 9.55 Å². The summed E-state index contributed by atoms with van der Waals surface area (Å²) in [6, 6.07) is 5.90. The van der Waals surface area contributed by atoms with Gasteiger partial charge in [0.25, 0.3) is 0 Å². The third-order valence-electron chi connectivity index (χ3n) is 3.27. The van der Waals surface area contributed by atoms with Crippen molar-refractivity contribution in [3.63, 3.8) is 0 Å². The molecule has 2 heterocycles. The standard InChI is InChI=1S/C14H13BrN2O2S2/c1-18-11-5-9-10(6-12(11)19-2)17(14(20)16-9)7-13-8(15)3-4-21-13/h3-6H,7H2,1-2H3,(H,16,20). The molecule has 0 aliphatic carbocycles. The molecule has 0 aliphatic heterocycles. The van der Waals surface area contributed by atoms with Gasteiger partial charge in [-0.25, -0.2) is 0 Å². The van der Waals surface area contributed by atoms with Crippen LogP contribution in [0.2, 0.25) is 0 Å². The number of methoxy groups -OCH3 is 2. The number of aromatic nitrogens is 2. The van der Waals surface area contributed by atoms with Crippen LogP contribution in [-0.4, -0.2) is 23.8 Å². The van der Waals surface area contributed by atoms with Crippen molar-refractivity contribution in [2.45, 2.75) is 6.54 Å². The Hall–Kier alpha value is -1.31. The third kappa shape index (κ3) is 2.61. The van der Waals surface area contributed by atoms with Gasteiger partial charge in [-0.15, -0.1) is 11.3 Å². The van der Waals surface area contributed by atoms with Crippen LogP contribution in [-0.2, 0) is 6.54 Å². The van der Waals surface area contributed by atoms with Gasteiger partial charge in [0, 0.05) is 21.5 Å². The van der Waals surface area contributed by atoms with Gasteiger partial charge in [-0.05, 0) is 39.6 Å². The van der Waals surface area contributed by atoms with E-state index in [1.165, 1.54) is 4.88 Å². The van der Waals surface area contributed by atoms with Gasteiger partial charge in [0.1, 0.15) is 0 Å². The van der Waals surface area contributed by atoms with E-state index in [0.717, 1.165) is 15.5 Å². The molecule has 0 atom stereocenters. The van der Waals surface area contributed by atoms with Gasteiger partial charge in [-0.2, -0.15) is 0 Å². The summed E-state index contributed by atoms with van der Waals surface area (Å²) in [5.74, 6) is 1.38. The van der Waals surface area contributed by atoms with E-state index in [0.29, 0.717) is 22.8 Å². The van der Waals surface area contributed by atoms with E-state index in [9.17, 15) is 0 Å². The average molecular weight is 385 g/mol. The van der Waals surface area contributed by atoms with E-state index >= 15 is 0 Å². The first-order valence-corrected chi connectivity index (χ1v) is 8.28. The Labute approximate surface area is 139 Å². The lowest BCUT2D eigenvalue weighted by Crippen LogP contribution is -1.99. The molecule has 1 N–H and O–H groups in total. The highest BCUT2D eigenvalue weighted by molar-refractivity contribution is 9.10. The number of rotatable bonds is 4. The molecule has 3 rings (SSSR count). The number of halogens is 1. The Kier molecular flexibility index (Phi) is 4.05. The Morgan fingerprint density at radius 3 is 2.62 bits per heavy atom. The van der Waals surface area contributed by atoms with Crippen molar-refractivity contribution < 1.29 is 9.47 Å². The number of H-pyrrole nitrogens is 1. The molecule has 4 nitrogen and oxygen atoms in total. The predicted octanol–water partition coefficient (Wildman–Crippen LogP) is 4.59. The molecule has 110 valence electrons. The zero-order valence-electron chi connectivity index (χ0n) is 11.5. The second-order valence-electron chi connectivity index (χ2n) is 4.43. The maximum absolute atomic E-state index is 5.44. The van der Waals surface area contributed by atoms with Gasteiger partial charge in [-0.1, -0.05) is 0 Å². The average Bonchev–Trinajstić information content (AvgIpc) is 3.02.